The molecule has 1 aliphatic rings. The van der Waals surface area contributed by atoms with E-state index in [2.05, 4.69) is 0 Å². The number of amides is 2. The highest BCUT2D eigenvalue weighted by atomic mass is 16.6. The number of nitro groups is 1. The number of nitrogens with zero attached hydrogens (tertiary/aromatic N) is 2. The summed E-state index contributed by atoms with van der Waals surface area (Å²) in [5, 5.41) is 10.7. The summed E-state index contributed by atoms with van der Waals surface area (Å²) in [6.07, 6.45) is 6.60. The summed E-state index contributed by atoms with van der Waals surface area (Å²) in [5.74, 6) is -0.0968. The van der Waals surface area contributed by atoms with Crippen LogP contribution in [0.15, 0.2) is 48.8 Å². The lowest BCUT2D eigenvalue weighted by Crippen LogP contribution is -2.27. The summed E-state index contributed by atoms with van der Waals surface area (Å²) in [5.41, 5.74) is 5.95. The summed E-state index contributed by atoms with van der Waals surface area (Å²) < 4.78 is 0. The highest BCUT2D eigenvalue weighted by Crippen LogP contribution is 2.25. The van der Waals surface area contributed by atoms with Crippen LogP contribution in [0.5, 0.6) is 0 Å². The number of nitro benzene ring substituents is 1. The molecule has 0 atom stereocenters. The average Bonchev–Trinajstić information content (AvgIpc) is 2.39. The van der Waals surface area contributed by atoms with Gasteiger partial charge in [0, 0.05) is 30.5 Å². The van der Waals surface area contributed by atoms with E-state index in [1.807, 2.05) is 0 Å². The number of rotatable bonds is 2. The van der Waals surface area contributed by atoms with Crippen molar-refractivity contribution in [2.75, 3.05) is 0 Å². The quantitative estimate of drug-likeness (QED) is 0.639. The molecular weight excluding hydrogens is 234 g/mol. The fourth-order valence-electron chi connectivity index (χ4n) is 1.70. The van der Waals surface area contributed by atoms with Gasteiger partial charge >= 0.3 is 6.03 Å². The monoisotopic (exact) mass is 245 g/mol. The maximum absolute atomic E-state index is 10.9. The van der Waals surface area contributed by atoms with Crippen LogP contribution in [-0.4, -0.2) is 15.9 Å². The lowest BCUT2D eigenvalue weighted by molar-refractivity contribution is -0.384. The maximum Gasteiger partial charge on any atom is 0.322 e. The van der Waals surface area contributed by atoms with E-state index in [1.165, 1.54) is 17.0 Å². The summed E-state index contributed by atoms with van der Waals surface area (Å²) in [7, 11) is 0. The molecule has 2 N–H and O–H groups in total. The molecule has 2 amide bonds. The third-order valence-corrected chi connectivity index (χ3v) is 2.63. The van der Waals surface area contributed by atoms with Crippen molar-refractivity contribution in [1.82, 2.24) is 4.90 Å². The molecule has 0 saturated heterocycles. The zero-order valence-corrected chi connectivity index (χ0v) is 9.39. The van der Waals surface area contributed by atoms with Gasteiger partial charge in [-0.3, -0.25) is 15.0 Å². The number of hydrogen-bond acceptors (Lipinski definition) is 3. The maximum atomic E-state index is 10.9. The van der Waals surface area contributed by atoms with E-state index in [9.17, 15) is 14.9 Å². The Bertz CT molecular complexity index is 537. The summed E-state index contributed by atoms with van der Waals surface area (Å²) in [4.78, 5) is 22.4. The van der Waals surface area contributed by atoms with Gasteiger partial charge in [0.2, 0.25) is 0 Å². The number of carbonyl (C=O) groups is 1. The SMILES string of the molecule is NC(=O)N1C=CC(c2cccc([N+](=O)[O-])c2)C=C1. The van der Waals surface area contributed by atoms with Crippen molar-refractivity contribution in [3.63, 3.8) is 0 Å². The van der Waals surface area contributed by atoms with Gasteiger partial charge in [-0.05, 0) is 5.56 Å². The predicted octanol–water partition coefficient (Wildman–Crippen LogP) is 2.10. The van der Waals surface area contributed by atoms with Gasteiger partial charge in [-0.15, -0.1) is 0 Å². The standard InChI is InChI=1S/C12H11N3O3/c13-12(16)14-6-4-9(5-7-14)10-2-1-3-11(8-10)15(17)18/h1-9H,(H2,13,16). The van der Waals surface area contributed by atoms with Gasteiger partial charge in [0.25, 0.3) is 5.69 Å². The molecule has 1 heterocycles. The Morgan fingerprint density at radius 1 is 1.33 bits per heavy atom. The molecule has 0 spiro atoms. The molecule has 0 radical (unpaired) electrons. The molecule has 0 unspecified atom stereocenters. The second-order valence-electron chi connectivity index (χ2n) is 3.81. The van der Waals surface area contributed by atoms with Crippen molar-refractivity contribution < 1.29 is 9.72 Å². The van der Waals surface area contributed by atoms with E-state index < -0.39 is 11.0 Å². The minimum atomic E-state index is -0.569. The Hall–Kier alpha value is -2.63. The molecule has 0 aliphatic carbocycles. The van der Waals surface area contributed by atoms with Crippen LogP contribution in [0.2, 0.25) is 0 Å². The van der Waals surface area contributed by atoms with Crippen LogP contribution in [0.3, 0.4) is 0 Å². The number of carbonyl (C=O) groups excluding carboxylic acids is 1. The number of hydrogen-bond donors (Lipinski definition) is 1. The van der Waals surface area contributed by atoms with Crippen LogP contribution in [0, 0.1) is 10.1 Å². The lowest BCUT2D eigenvalue weighted by atomic mass is 9.97. The Morgan fingerprint density at radius 3 is 2.56 bits per heavy atom. The van der Waals surface area contributed by atoms with E-state index in [0.29, 0.717) is 0 Å². The van der Waals surface area contributed by atoms with Crippen molar-refractivity contribution in [2.45, 2.75) is 5.92 Å². The van der Waals surface area contributed by atoms with E-state index in [1.54, 1.807) is 36.7 Å². The van der Waals surface area contributed by atoms with Gasteiger partial charge in [-0.2, -0.15) is 0 Å². The van der Waals surface area contributed by atoms with Gasteiger partial charge in [0.1, 0.15) is 0 Å². The van der Waals surface area contributed by atoms with Crippen LogP contribution < -0.4 is 5.73 Å². The van der Waals surface area contributed by atoms with E-state index in [0.717, 1.165) is 5.56 Å². The van der Waals surface area contributed by atoms with Gasteiger partial charge in [0.05, 0.1) is 4.92 Å². The molecule has 0 saturated carbocycles. The highest BCUT2D eigenvalue weighted by molar-refractivity contribution is 5.74. The predicted molar refractivity (Wildman–Crippen MR) is 65.5 cm³/mol. The molecule has 0 fully saturated rings. The zero-order valence-electron chi connectivity index (χ0n) is 9.39. The number of allylic oxidation sites excluding steroid dienone is 2. The largest absolute Gasteiger partial charge is 0.351 e. The van der Waals surface area contributed by atoms with Crippen molar-refractivity contribution in [3.8, 4) is 0 Å². The van der Waals surface area contributed by atoms with Crippen LogP contribution in [-0.2, 0) is 0 Å². The average molecular weight is 245 g/mol. The Kier molecular flexibility index (Phi) is 3.09. The topological polar surface area (TPSA) is 89.5 Å². The van der Waals surface area contributed by atoms with Crippen LogP contribution in [0.25, 0.3) is 0 Å². The van der Waals surface area contributed by atoms with E-state index >= 15 is 0 Å². The minimum absolute atomic E-state index is 0.0478. The number of primary amides is 1. The van der Waals surface area contributed by atoms with Gasteiger partial charge in [-0.1, -0.05) is 24.3 Å². The first-order valence-electron chi connectivity index (χ1n) is 5.26. The normalized spacial score (nSPS) is 14.8. The van der Waals surface area contributed by atoms with Crippen molar-refractivity contribution in [2.24, 2.45) is 5.73 Å². The van der Waals surface area contributed by atoms with E-state index in [-0.39, 0.29) is 11.6 Å². The van der Waals surface area contributed by atoms with Crippen LogP contribution >= 0.6 is 0 Å². The molecular formula is C12H11N3O3. The number of benzene rings is 1. The Balaban J connectivity index is 2.22. The lowest BCUT2D eigenvalue weighted by Gasteiger charge is -2.18. The van der Waals surface area contributed by atoms with Gasteiger partial charge in [0.15, 0.2) is 0 Å². The fourth-order valence-corrected chi connectivity index (χ4v) is 1.70. The zero-order chi connectivity index (χ0) is 13.1. The Morgan fingerprint density at radius 2 is 2.00 bits per heavy atom. The number of urea groups is 1. The summed E-state index contributed by atoms with van der Waals surface area (Å²) in [6, 6.07) is 5.82. The molecule has 0 aromatic heterocycles. The summed E-state index contributed by atoms with van der Waals surface area (Å²) >= 11 is 0. The highest BCUT2D eigenvalue weighted by Gasteiger charge is 2.14. The smallest absolute Gasteiger partial charge is 0.322 e. The van der Waals surface area contributed by atoms with Crippen molar-refractivity contribution in [1.29, 1.82) is 0 Å². The molecule has 6 nitrogen and oxygen atoms in total. The molecule has 1 aliphatic heterocycles. The molecule has 1 aromatic rings. The first-order valence-corrected chi connectivity index (χ1v) is 5.26. The molecule has 18 heavy (non-hydrogen) atoms. The van der Waals surface area contributed by atoms with Crippen LogP contribution in [0.1, 0.15) is 11.5 Å². The number of non-ortho nitro benzene ring substituents is 1. The second-order valence-corrected chi connectivity index (χ2v) is 3.81. The minimum Gasteiger partial charge on any atom is -0.351 e. The van der Waals surface area contributed by atoms with Gasteiger partial charge < -0.3 is 5.73 Å². The molecule has 92 valence electrons. The first-order chi connectivity index (χ1) is 8.58. The van der Waals surface area contributed by atoms with Crippen LogP contribution in [0.4, 0.5) is 10.5 Å². The number of nitrogens with two attached hydrogens (primary N) is 1. The molecule has 0 bridgehead atoms. The molecule has 6 heteroatoms. The first kappa shape index (κ1) is 11.8. The van der Waals surface area contributed by atoms with E-state index in [4.69, 9.17) is 5.73 Å². The molecule has 2 rings (SSSR count). The van der Waals surface area contributed by atoms with Gasteiger partial charge in [-0.25, -0.2) is 4.79 Å². The summed E-state index contributed by atoms with van der Waals surface area (Å²) in [6.45, 7) is 0. The van der Waals surface area contributed by atoms with Crippen molar-refractivity contribution >= 4 is 11.7 Å². The second kappa shape index (κ2) is 4.70. The third-order valence-electron chi connectivity index (χ3n) is 2.63. The Labute approximate surface area is 103 Å². The molecule has 1 aromatic carbocycles. The van der Waals surface area contributed by atoms with Crippen molar-refractivity contribution in [3.05, 3.63) is 64.5 Å². The third kappa shape index (κ3) is 2.37. The fraction of sp³-hybridized carbons (Fsp3) is 0.0833.